The minimum Gasteiger partial charge on any atom is -0.306 e. The molecule has 0 radical (unpaired) electrons. The third-order valence-corrected chi connectivity index (χ3v) is 7.89. The molecule has 1 amide bonds. The van der Waals surface area contributed by atoms with Gasteiger partial charge in [-0.25, -0.2) is 8.42 Å². The van der Waals surface area contributed by atoms with Crippen LogP contribution in [-0.4, -0.2) is 77.3 Å². The molecule has 2 saturated heterocycles. The molecule has 1 spiro atoms. The van der Waals surface area contributed by atoms with E-state index >= 15 is 0 Å². The zero-order valence-corrected chi connectivity index (χ0v) is 14.9. The second kappa shape index (κ2) is 5.27. The maximum atomic E-state index is 12.6. The minimum absolute atomic E-state index is 0.0274. The van der Waals surface area contributed by atoms with Gasteiger partial charge in [0, 0.05) is 32.9 Å². The van der Waals surface area contributed by atoms with Crippen molar-refractivity contribution >= 4 is 21.6 Å². The maximum absolute atomic E-state index is 12.6. The summed E-state index contributed by atoms with van der Waals surface area (Å²) in [6.45, 7) is 1.81. The monoisotopic (exact) mass is 353 g/mol. The Morgan fingerprint density at radius 2 is 2.00 bits per heavy atom. The Balaban J connectivity index is 1.59. The van der Waals surface area contributed by atoms with E-state index in [-0.39, 0.29) is 16.7 Å². The normalized spacial score (nSPS) is 29.8. The molecule has 3 fully saturated rings. The average molecular weight is 353 g/mol. The number of hydrogen-bond donors (Lipinski definition) is 0. The highest BCUT2D eigenvalue weighted by Gasteiger charge is 2.52. The first-order valence-electron chi connectivity index (χ1n) is 8.31. The lowest BCUT2D eigenvalue weighted by Crippen LogP contribution is -2.64. The molecule has 1 aliphatic carbocycles. The third kappa shape index (κ3) is 2.46. The molecule has 1 unspecified atom stereocenters. The topological polar surface area (TPSA) is 78.8 Å². The fourth-order valence-electron chi connectivity index (χ4n) is 3.80. The number of carbonyl (C=O) groups is 1. The highest BCUT2D eigenvalue weighted by Crippen LogP contribution is 2.38. The van der Waals surface area contributed by atoms with E-state index in [1.165, 1.54) is 0 Å². The van der Waals surface area contributed by atoms with Crippen molar-refractivity contribution in [3.63, 3.8) is 0 Å². The van der Waals surface area contributed by atoms with E-state index in [9.17, 15) is 13.2 Å². The molecule has 4 rings (SSSR count). The summed E-state index contributed by atoms with van der Waals surface area (Å²) in [7, 11) is 0.572. The Morgan fingerprint density at radius 1 is 1.25 bits per heavy atom. The second-order valence-electron chi connectivity index (χ2n) is 7.26. The number of amides is 1. The lowest BCUT2D eigenvalue weighted by Gasteiger charge is -2.46. The molecule has 3 heterocycles. The van der Waals surface area contributed by atoms with E-state index < -0.39 is 10.0 Å². The summed E-state index contributed by atoms with van der Waals surface area (Å²) in [4.78, 5) is 16.2. The molecule has 0 aromatic carbocycles. The Hall–Kier alpha value is -1.45. The van der Waals surface area contributed by atoms with Gasteiger partial charge in [-0.15, -0.1) is 0 Å². The summed E-state index contributed by atoms with van der Waals surface area (Å²) in [5, 5.41) is 3.97. The van der Waals surface area contributed by atoms with Crippen LogP contribution >= 0.6 is 0 Å². The lowest BCUT2D eigenvalue weighted by atomic mass is 9.93. The van der Waals surface area contributed by atoms with Crippen LogP contribution in [0.15, 0.2) is 12.4 Å². The van der Waals surface area contributed by atoms with Gasteiger partial charge in [-0.2, -0.15) is 9.40 Å². The Kier molecular flexibility index (Phi) is 3.52. The number of anilines is 1. The smallest absolute Gasteiger partial charge is 0.241 e. The fourth-order valence-corrected chi connectivity index (χ4v) is 5.72. The molecule has 132 valence electrons. The summed E-state index contributed by atoms with van der Waals surface area (Å²) < 4.78 is 28.4. The van der Waals surface area contributed by atoms with Crippen LogP contribution in [0, 0.1) is 0 Å². The second-order valence-corrected chi connectivity index (χ2v) is 9.47. The van der Waals surface area contributed by atoms with Gasteiger partial charge in [-0.05, 0) is 26.3 Å². The van der Waals surface area contributed by atoms with Gasteiger partial charge < -0.3 is 4.90 Å². The molecule has 24 heavy (non-hydrogen) atoms. The molecule has 0 bridgehead atoms. The van der Waals surface area contributed by atoms with E-state index in [0.717, 1.165) is 24.9 Å². The summed E-state index contributed by atoms with van der Waals surface area (Å²) >= 11 is 0. The first kappa shape index (κ1) is 16.0. The summed E-state index contributed by atoms with van der Waals surface area (Å²) in [5.74, 6) is 0.0274. The van der Waals surface area contributed by atoms with E-state index in [4.69, 9.17) is 0 Å². The van der Waals surface area contributed by atoms with Crippen LogP contribution in [0.1, 0.15) is 19.3 Å². The average Bonchev–Trinajstić information content (AvgIpc) is 3.17. The number of sulfonamides is 1. The Labute approximate surface area is 142 Å². The van der Waals surface area contributed by atoms with Crippen LogP contribution in [0.25, 0.3) is 0 Å². The van der Waals surface area contributed by atoms with Gasteiger partial charge in [-0.1, -0.05) is 0 Å². The van der Waals surface area contributed by atoms with E-state index in [0.29, 0.717) is 26.2 Å². The van der Waals surface area contributed by atoms with Crippen LogP contribution in [0.4, 0.5) is 5.69 Å². The van der Waals surface area contributed by atoms with Crippen LogP contribution in [0.5, 0.6) is 0 Å². The van der Waals surface area contributed by atoms with Crippen molar-refractivity contribution < 1.29 is 13.2 Å². The SMILES string of the molecule is CN1CC(=O)N(c2cnn(C)c2)CC12CCN(S(=O)(=O)C1CC1)C2. The summed E-state index contributed by atoms with van der Waals surface area (Å²) in [5.41, 5.74) is 0.463. The van der Waals surface area contributed by atoms with Crippen LogP contribution in [0.3, 0.4) is 0 Å². The van der Waals surface area contributed by atoms with Crippen molar-refractivity contribution in [2.45, 2.75) is 30.1 Å². The molecular formula is C15H23N5O3S. The lowest BCUT2D eigenvalue weighted by molar-refractivity contribution is -0.123. The number of aromatic nitrogens is 2. The Bertz CT molecular complexity index is 772. The van der Waals surface area contributed by atoms with Crippen molar-refractivity contribution in [2.24, 2.45) is 7.05 Å². The zero-order chi connectivity index (χ0) is 17.1. The third-order valence-electron chi connectivity index (χ3n) is 5.54. The molecule has 1 aromatic heterocycles. The van der Waals surface area contributed by atoms with Gasteiger partial charge in [0.2, 0.25) is 15.9 Å². The van der Waals surface area contributed by atoms with E-state index in [2.05, 4.69) is 5.10 Å². The number of likely N-dealkylation sites (N-methyl/N-ethyl adjacent to an activating group) is 1. The number of nitrogens with zero attached hydrogens (tertiary/aromatic N) is 5. The predicted molar refractivity (Wildman–Crippen MR) is 89.1 cm³/mol. The zero-order valence-electron chi connectivity index (χ0n) is 14.1. The summed E-state index contributed by atoms with van der Waals surface area (Å²) in [6, 6.07) is 0. The van der Waals surface area contributed by atoms with Crippen LogP contribution in [-0.2, 0) is 21.9 Å². The molecule has 1 saturated carbocycles. The van der Waals surface area contributed by atoms with Crippen molar-refractivity contribution in [1.82, 2.24) is 19.0 Å². The fraction of sp³-hybridized carbons (Fsp3) is 0.733. The van der Waals surface area contributed by atoms with Gasteiger partial charge >= 0.3 is 0 Å². The number of carbonyl (C=O) groups excluding carboxylic acids is 1. The van der Waals surface area contributed by atoms with E-state index in [1.807, 2.05) is 25.2 Å². The van der Waals surface area contributed by atoms with Crippen molar-refractivity contribution in [2.75, 3.05) is 38.1 Å². The van der Waals surface area contributed by atoms with Crippen molar-refractivity contribution in [3.05, 3.63) is 12.4 Å². The highest BCUT2D eigenvalue weighted by atomic mass is 32.2. The first-order valence-corrected chi connectivity index (χ1v) is 9.81. The van der Waals surface area contributed by atoms with Gasteiger partial charge in [-0.3, -0.25) is 14.4 Å². The quantitative estimate of drug-likeness (QED) is 0.741. The van der Waals surface area contributed by atoms with Gasteiger partial charge in [0.1, 0.15) is 0 Å². The molecule has 2 aliphatic heterocycles. The maximum Gasteiger partial charge on any atom is 0.241 e. The van der Waals surface area contributed by atoms with Crippen LogP contribution in [0.2, 0.25) is 0 Å². The number of rotatable bonds is 3. The van der Waals surface area contributed by atoms with E-state index in [1.54, 1.807) is 20.1 Å². The minimum atomic E-state index is -3.17. The molecule has 1 atom stereocenters. The number of hydrogen-bond acceptors (Lipinski definition) is 5. The van der Waals surface area contributed by atoms with Crippen molar-refractivity contribution in [3.8, 4) is 0 Å². The standard InChI is InChI=1S/C15H23N5O3S/c1-17-9-14(21)20(12-7-16-18(2)8-12)11-15(17)5-6-19(10-15)24(22,23)13-3-4-13/h7-8,13H,3-6,9-11H2,1-2H3. The van der Waals surface area contributed by atoms with Crippen molar-refractivity contribution in [1.29, 1.82) is 0 Å². The molecule has 3 aliphatic rings. The Morgan fingerprint density at radius 3 is 2.62 bits per heavy atom. The molecular weight excluding hydrogens is 330 g/mol. The number of aryl methyl sites for hydroxylation is 1. The number of piperazine rings is 1. The largest absolute Gasteiger partial charge is 0.306 e. The van der Waals surface area contributed by atoms with Gasteiger partial charge in [0.15, 0.2) is 0 Å². The molecule has 9 heteroatoms. The van der Waals surface area contributed by atoms with Gasteiger partial charge in [0.05, 0.1) is 29.2 Å². The summed E-state index contributed by atoms with van der Waals surface area (Å²) in [6.07, 6.45) is 5.82. The molecule has 0 N–H and O–H groups in total. The highest BCUT2D eigenvalue weighted by molar-refractivity contribution is 7.90. The van der Waals surface area contributed by atoms with Crippen LogP contribution < -0.4 is 4.90 Å². The molecule has 8 nitrogen and oxygen atoms in total. The predicted octanol–water partition coefficient (Wildman–Crippen LogP) is -0.365. The first-order chi connectivity index (χ1) is 11.3. The molecule has 1 aromatic rings. The van der Waals surface area contributed by atoms with Gasteiger partial charge in [0.25, 0.3) is 0 Å².